The number of benzene rings is 2. The van der Waals surface area contributed by atoms with Crippen LogP contribution < -0.4 is 10.1 Å². The SMILES string of the molecule is COc1cccc(S(=O)(=O)N(CC(C)C)C[C@@H](O)[C@H](Cc2ccccc2)NC(=O)C(C(C)C)N2CCN(Cc3csc(C)n3)C2=O)c1. The Bertz CT molecular complexity index is 1600. The Balaban J connectivity index is 1.57. The van der Waals surface area contributed by atoms with Crippen molar-refractivity contribution in [1.29, 1.82) is 0 Å². The zero-order chi connectivity index (χ0) is 34.3. The highest BCUT2D eigenvalue weighted by molar-refractivity contribution is 7.89. The smallest absolute Gasteiger partial charge is 0.321 e. The van der Waals surface area contributed by atoms with Crippen LogP contribution in [0.15, 0.2) is 64.9 Å². The highest BCUT2D eigenvalue weighted by Crippen LogP contribution is 2.24. The van der Waals surface area contributed by atoms with Crippen LogP contribution in [0.5, 0.6) is 5.75 Å². The summed E-state index contributed by atoms with van der Waals surface area (Å²) in [7, 11) is -2.55. The fourth-order valence-corrected chi connectivity index (χ4v) is 8.09. The number of urea groups is 1. The van der Waals surface area contributed by atoms with Crippen LogP contribution in [-0.2, 0) is 27.8 Å². The Kier molecular flexibility index (Phi) is 12.4. The molecule has 1 unspecified atom stereocenters. The maximum absolute atomic E-state index is 14.1. The van der Waals surface area contributed by atoms with E-state index in [0.29, 0.717) is 25.4 Å². The van der Waals surface area contributed by atoms with Crippen LogP contribution in [0, 0.1) is 18.8 Å². The Morgan fingerprint density at radius 2 is 1.81 bits per heavy atom. The average Bonchev–Trinajstić information content (AvgIpc) is 3.60. The van der Waals surface area contributed by atoms with Gasteiger partial charge >= 0.3 is 6.03 Å². The van der Waals surface area contributed by atoms with Gasteiger partial charge in [0.15, 0.2) is 0 Å². The van der Waals surface area contributed by atoms with Gasteiger partial charge in [0.1, 0.15) is 11.8 Å². The number of thiazole rings is 1. The second-order valence-electron chi connectivity index (χ2n) is 12.7. The summed E-state index contributed by atoms with van der Waals surface area (Å²) < 4.78 is 34.3. The number of amides is 3. The molecule has 47 heavy (non-hydrogen) atoms. The summed E-state index contributed by atoms with van der Waals surface area (Å²) in [4.78, 5) is 35.4. The zero-order valence-electron chi connectivity index (χ0n) is 28.0. The minimum absolute atomic E-state index is 0.0348. The quantitative estimate of drug-likeness (QED) is 0.232. The van der Waals surface area contributed by atoms with Crippen molar-refractivity contribution >= 4 is 33.3 Å². The van der Waals surface area contributed by atoms with E-state index in [4.69, 9.17) is 4.74 Å². The molecule has 2 N–H and O–H groups in total. The molecule has 0 saturated carbocycles. The third-order valence-electron chi connectivity index (χ3n) is 8.11. The minimum atomic E-state index is -4.02. The molecule has 0 bridgehead atoms. The molecule has 3 atom stereocenters. The molecular weight excluding hydrogens is 639 g/mol. The van der Waals surface area contributed by atoms with Gasteiger partial charge in [0.2, 0.25) is 15.9 Å². The normalized spacial score (nSPS) is 15.8. The number of hydrogen-bond acceptors (Lipinski definition) is 8. The molecule has 11 nitrogen and oxygen atoms in total. The third-order valence-corrected chi connectivity index (χ3v) is 10.8. The number of carbonyl (C=O) groups excluding carboxylic acids is 2. The number of sulfonamides is 1. The van der Waals surface area contributed by atoms with E-state index in [1.165, 1.54) is 34.9 Å². The van der Waals surface area contributed by atoms with Crippen molar-refractivity contribution in [2.75, 3.05) is 33.3 Å². The van der Waals surface area contributed by atoms with Crippen molar-refractivity contribution in [2.24, 2.45) is 11.8 Å². The van der Waals surface area contributed by atoms with Crippen LogP contribution in [0.4, 0.5) is 4.79 Å². The lowest BCUT2D eigenvalue weighted by atomic mass is 9.97. The molecule has 1 fully saturated rings. The minimum Gasteiger partial charge on any atom is -0.497 e. The second-order valence-corrected chi connectivity index (χ2v) is 15.7. The van der Waals surface area contributed by atoms with Crippen molar-refractivity contribution in [1.82, 2.24) is 24.4 Å². The van der Waals surface area contributed by atoms with Crippen LogP contribution >= 0.6 is 11.3 Å². The molecule has 1 saturated heterocycles. The van der Waals surface area contributed by atoms with Crippen molar-refractivity contribution in [2.45, 2.75) is 70.7 Å². The predicted octanol–water partition coefficient (Wildman–Crippen LogP) is 4.16. The number of aromatic nitrogens is 1. The summed E-state index contributed by atoms with van der Waals surface area (Å²) >= 11 is 1.53. The molecule has 256 valence electrons. The number of methoxy groups -OCH3 is 1. The van der Waals surface area contributed by atoms with Crippen molar-refractivity contribution < 1.29 is 27.9 Å². The van der Waals surface area contributed by atoms with Gasteiger partial charge in [0, 0.05) is 37.6 Å². The first-order valence-corrected chi connectivity index (χ1v) is 18.2. The average molecular weight is 686 g/mol. The van der Waals surface area contributed by atoms with Crippen molar-refractivity contribution in [3.63, 3.8) is 0 Å². The van der Waals surface area contributed by atoms with E-state index >= 15 is 0 Å². The molecule has 2 heterocycles. The Labute approximate surface area is 282 Å². The molecule has 0 radical (unpaired) electrons. The summed E-state index contributed by atoms with van der Waals surface area (Å²) in [6.07, 6.45) is -0.999. The van der Waals surface area contributed by atoms with Gasteiger partial charge in [0.05, 0.1) is 41.4 Å². The molecule has 1 aliphatic rings. The highest BCUT2D eigenvalue weighted by atomic mass is 32.2. The lowest BCUT2D eigenvalue weighted by molar-refractivity contribution is -0.128. The number of hydrogen-bond donors (Lipinski definition) is 2. The Morgan fingerprint density at radius 3 is 2.43 bits per heavy atom. The highest BCUT2D eigenvalue weighted by Gasteiger charge is 2.40. The summed E-state index contributed by atoms with van der Waals surface area (Å²) in [6.45, 7) is 10.6. The van der Waals surface area contributed by atoms with Gasteiger partial charge in [-0.25, -0.2) is 18.2 Å². The number of nitrogens with one attached hydrogen (secondary N) is 1. The molecule has 3 aromatic rings. The monoisotopic (exact) mass is 685 g/mol. The van der Waals surface area contributed by atoms with Crippen LogP contribution in [0.25, 0.3) is 0 Å². The maximum Gasteiger partial charge on any atom is 0.321 e. The van der Waals surface area contributed by atoms with Crippen LogP contribution in [0.3, 0.4) is 0 Å². The summed E-state index contributed by atoms with van der Waals surface area (Å²) in [6, 6.07) is 13.8. The molecule has 4 rings (SSSR count). The second kappa shape index (κ2) is 16.1. The van der Waals surface area contributed by atoms with E-state index in [-0.39, 0.29) is 42.3 Å². The van der Waals surface area contributed by atoms with Crippen molar-refractivity contribution in [3.05, 3.63) is 76.2 Å². The van der Waals surface area contributed by atoms with E-state index in [9.17, 15) is 23.1 Å². The first-order valence-electron chi connectivity index (χ1n) is 15.9. The molecule has 13 heteroatoms. The molecule has 2 aromatic carbocycles. The van der Waals surface area contributed by atoms with Gasteiger partial charge in [0.25, 0.3) is 0 Å². The Hall–Kier alpha value is -3.52. The lowest BCUT2D eigenvalue weighted by Gasteiger charge is -2.34. The first-order chi connectivity index (χ1) is 22.3. The Morgan fingerprint density at radius 1 is 1.09 bits per heavy atom. The van der Waals surface area contributed by atoms with Gasteiger partial charge in [-0.2, -0.15) is 4.31 Å². The number of aliphatic hydroxyl groups is 1. The topological polar surface area (TPSA) is 132 Å². The summed E-state index contributed by atoms with van der Waals surface area (Å²) in [5.74, 6) is -0.249. The number of carbonyl (C=O) groups is 2. The van der Waals surface area contributed by atoms with Crippen LogP contribution in [-0.4, -0.2) is 96.0 Å². The largest absolute Gasteiger partial charge is 0.497 e. The number of aryl methyl sites for hydroxylation is 1. The molecule has 3 amide bonds. The number of rotatable bonds is 16. The molecule has 1 aliphatic heterocycles. The third kappa shape index (κ3) is 9.31. The van der Waals surface area contributed by atoms with E-state index in [2.05, 4.69) is 10.3 Å². The zero-order valence-corrected chi connectivity index (χ0v) is 29.6. The maximum atomic E-state index is 14.1. The van der Waals surface area contributed by atoms with Crippen molar-refractivity contribution in [3.8, 4) is 5.75 Å². The van der Waals surface area contributed by atoms with E-state index in [1.807, 2.05) is 70.3 Å². The van der Waals surface area contributed by atoms with Gasteiger partial charge in [-0.3, -0.25) is 4.79 Å². The lowest BCUT2D eigenvalue weighted by Crippen LogP contribution is -2.57. The first kappa shape index (κ1) is 36.3. The standard InChI is InChI=1S/C34H47N5O6S2/c1-23(2)19-38(47(43,44)29-14-10-13-28(18-29)45-6)21-31(40)30(17-26-11-8-7-9-12-26)36-33(41)32(24(3)4)39-16-15-37(34(39)42)20-27-22-46-25(5)35-27/h7-14,18,22-24,30-32,40H,15-17,19-21H2,1-6H3,(H,36,41)/t30-,31+,32?/m0/s1. The molecule has 0 spiro atoms. The van der Waals surface area contributed by atoms with Gasteiger partial charge < -0.3 is 25.0 Å². The number of aliphatic hydroxyl groups excluding tert-OH is 1. The summed E-state index contributed by atoms with van der Waals surface area (Å²) in [5, 5.41) is 17.6. The number of nitrogens with zero attached hydrogens (tertiary/aromatic N) is 4. The van der Waals surface area contributed by atoms with E-state index in [1.54, 1.807) is 21.9 Å². The fraction of sp³-hybridized carbons (Fsp3) is 0.500. The van der Waals surface area contributed by atoms with Crippen LogP contribution in [0.2, 0.25) is 0 Å². The fourth-order valence-electron chi connectivity index (χ4n) is 5.83. The van der Waals surface area contributed by atoms with Gasteiger partial charge in [-0.1, -0.05) is 64.1 Å². The molecule has 0 aliphatic carbocycles. The van der Waals surface area contributed by atoms with E-state index < -0.39 is 34.1 Å². The number of ether oxygens (including phenoxy) is 1. The van der Waals surface area contributed by atoms with Gasteiger partial charge in [-0.05, 0) is 42.9 Å². The molecule has 1 aromatic heterocycles. The molecular formula is C34H47N5O6S2. The van der Waals surface area contributed by atoms with E-state index in [0.717, 1.165) is 16.3 Å². The van der Waals surface area contributed by atoms with Crippen LogP contribution in [0.1, 0.15) is 44.0 Å². The van der Waals surface area contributed by atoms with Gasteiger partial charge in [-0.15, -0.1) is 11.3 Å². The predicted molar refractivity (Wildman–Crippen MR) is 183 cm³/mol. The summed E-state index contributed by atoms with van der Waals surface area (Å²) in [5.41, 5.74) is 1.68.